The van der Waals surface area contributed by atoms with Crippen LogP contribution in [0.1, 0.15) is 43.7 Å². The van der Waals surface area contributed by atoms with Gasteiger partial charge in [-0.2, -0.15) is 0 Å². The van der Waals surface area contributed by atoms with Crippen LogP contribution in [0, 0.1) is 5.92 Å². The highest BCUT2D eigenvalue weighted by molar-refractivity contribution is 6.31. The van der Waals surface area contributed by atoms with E-state index in [9.17, 15) is 5.11 Å². The molecule has 0 spiro atoms. The fourth-order valence-corrected chi connectivity index (χ4v) is 3.32. The third kappa shape index (κ3) is 4.49. The number of nitrogens with two attached hydrogens (primary N) is 1. The highest BCUT2D eigenvalue weighted by Crippen LogP contribution is 2.34. The van der Waals surface area contributed by atoms with Gasteiger partial charge >= 0.3 is 0 Å². The topological polar surface area (TPSA) is 49.5 Å². The summed E-state index contributed by atoms with van der Waals surface area (Å²) in [5, 5.41) is 11.1. The minimum absolute atomic E-state index is 0. The molecule has 2 rings (SSSR count). The Morgan fingerprint density at radius 2 is 1.86 bits per heavy atom. The van der Waals surface area contributed by atoms with Crippen LogP contribution in [0.4, 0.5) is 5.69 Å². The van der Waals surface area contributed by atoms with Gasteiger partial charge in [-0.25, -0.2) is 0 Å². The number of hydrogen-bond donors (Lipinski definition) is 2. The molecular formula is C16H26Cl2N2O. The van der Waals surface area contributed by atoms with Crippen LogP contribution in [0.3, 0.4) is 0 Å². The van der Waals surface area contributed by atoms with Gasteiger partial charge in [0.25, 0.3) is 0 Å². The molecule has 0 heterocycles. The summed E-state index contributed by atoms with van der Waals surface area (Å²) in [5.74, 6) is 0.309. The first-order valence-electron chi connectivity index (χ1n) is 7.41. The Morgan fingerprint density at radius 3 is 2.38 bits per heavy atom. The number of hydrogen-bond acceptors (Lipinski definition) is 3. The fourth-order valence-electron chi connectivity index (χ4n) is 3.02. The van der Waals surface area contributed by atoms with Gasteiger partial charge in [-0.05, 0) is 36.5 Å². The molecule has 3 nitrogen and oxygen atoms in total. The number of aliphatic hydroxyl groups excluding tert-OH is 1. The molecular weight excluding hydrogens is 307 g/mol. The molecule has 1 aliphatic rings. The first-order chi connectivity index (χ1) is 9.50. The van der Waals surface area contributed by atoms with Crippen molar-refractivity contribution < 1.29 is 5.11 Å². The molecule has 0 radical (unpaired) electrons. The lowest BCUT2D eigenvalue weighted by molar-refractivity contribution is 0.0618. The lowest BCUT2D eigenvalue weighted by Crippen LogP contribution is -2.34. The van der Waals surface area contributed by atoms with E-state index in [1.165, 1.54) is 19.3 Å². The zero-order valence-electron chi connectivity index (χ0n) is 12.8. The van der Waals surface area contributed by atoms with Gasteiger partial charge in [-0.3, -0.25) is 0 Å². The van der Waals surface area contributed by atoms with Crippen molar-refractivity contribution in [1.82, 2.24) is 0 Å². The third-order valence-electron chi connectivity index (χ3n) is 4.36. The molecule has 1 aliphatic carbocycles. The molecule has 0 saturated heterocycles. The molecule has 0 bridgehead atoms. The van der Waals surface area contributed by atoms with Crippen molar-refractivity contribution in [3.63, 3.8) is 0 Å². The van der Waals surface area contributed by atoms with Gasteiger partial charge in [0.05, 0.1) is 12.1 Å². The van der Waals surface area contributed by atoms with Crippen LogP contribution in [0.5, 0.6) is 0 Å². The maximum absolute atomic E-state index is 10.5. The van der Waals surface area contributed by atoms with E-state index in [4.69, 9.17) is 17.3 Å². The Morgan fingerprint density at radius 1 is 1.24 bits per heavy atom. The van der Waals surface area contributed by atoms with Crippen LogP contribution in [0.2, 0.25) is 5.02 Å². The molecule has 3 N–H and O–H groups in total. The molecule has 0 amide bonds. The Balaban J connectivity index is 0.00000220. The smallest absolute Gasteiger partial charge is 0.0761 e. The number of benzene rings is 1. The van der Waals surface area contributed by atoms with E-state index < -0.39 is 12.1 Å². The highest BCUT2D eigenvalue weighted by Gasteiger charge is 2.28. The first kappa shape index (κ1) is 18.6. The van der Waals surface area contributed by atoms with Crippen molar-refractivity contribution in [2.75, 3.05) is 19.0 Å². The molecule has 120 valence electrons. The second kappa shape index (κ2) is 8.23. The Kier molecular flexibility index (Phi) is 7.28. The van der Waals surface area contributed by atoms with E-state index in [0.717, 1.165) is 24.1 Å². The van der Waals surface area contributed by atoms with Crippen molar-refractivity contribution >= 4 is 29.7 Å². The zero-order chi connectivity index (χ0) is 14.7. The molecule has 1 aromatic rings. The summed E-state index contributed by atoms with van der Waals surface area (Å²) in [7, 11) is 3.95. The first-order valence-corrected chi connectivity index (χ1v) is 7.79. The largest absolute Gasteiger partial charge is 0.391 e. The SMILES string of the molecule is CN(C)c1ccc([C@@H](N)[C@@H](O)C2CCCCC2)c(Cl)c1.Cl. The molecule has 2 atom stereocenters. The molecule has 1 aromatic carbocycles. The standard InChI is InChI=1S/C16H25ClN2O.ClH/c1-19(2)12-8-9-13(14(17)10-12)15(18)16(20)11-6-4-3-5-7-11;/h8-11,15-16,20H,3-7,18H2,1-2H3;1H/t15-,16+;/m1./s1. The van der Waals surface area contributed by atoms with Crippen molar-refractivity contribution in [1.29, 1.82) is 0 Å². The summed E-state index contributed by atoms with van der Waals surface area (Å²) >= 11 is 6.33. The Hall–Kier alpha value is -0.480. The zero-order valence-corrected chi connectivity index (χ0v) is 14.3. The second-order valence-corrected chi connectivity index (χ2v) is 6.42. The van der Waals surface area contributed by atoms with Gasteiger partial charge in [-0.15, -0.1) is 12.4 Å². The average Bonchev–Trinajstić information content (AvgIpc) is 2.46. The number of rotatable bonds is 4. The van der Waals surface area contributed by atoms with Crippen molar-refractivity contribution in [3.05, 3.63) is 28.8 Å². The minimum atomic E-state index is -0.502. The minimum Gasteiger partial charge on any atom is -0.391 e. The summed E-state index contributed by atoms with van der Waals surface area (Å²) in [6, 6.07) is 5.44. The molecule has 1 fully saturated rings. The average molecular weight is 333 g/mol. The van der Waals surface area contributed by atoms with Gasteiger partial charge < -0.3 is 15.7 Å². The van der Waals surface area contributed by atoms with E-state index in [2.05, 4.69) is 0 Å². The van der Waals surface area contributed by atoms with E-state index in [-0.39, 0.29) is 12.4 Å². The van der Waals surface area contributed by atoms with Crippen LogP contribution >= 0.6 is 24.0 Å². The molecule has 0 aromatic heterocycles. The van der Waals surface area contributed by atoms with Gasteiger partial charge in [-0.1, -0.05) is 36.9 Å². The van der Waals surface area contributed by atoms with Gasteiger partial charge in [0, 0.05) is 24.8 Å². The fraction of sp³-hybridized carbons (Fsp3) is 0.625. The van der Waals surface area contributed by atoms with Crippen molar-refractivity contribution in [2.24, 2.45) is 11.7 Å². The van der Waals surface area contributed by atoms with Gasteiger partial charge in [0.2, 0.25) is 0 Å². The summed E-state index contributed by atoms with van der Waals surface area (Å²) in [4.78, 5) is 2.00. The Bertz CT molecular complexity index is 448. The monoisotopic (exact) mass is 332 g/mol. The van der Waals surface area contributed by atoms with Crippen LogP contribution < -0.4 is 10.6 Å². The number of aliphatic hydroxyl groups is 1. The second-order valence-electron chi connectivity index (χ2n) is 6.01. The van der Waals surface area contributed by atoms with E-state index in [1.807, 2.05) is 37.2 Å². The van der Waals surface area contributed by atoms with Gasteiger partial charge in [0.1, 0.15) is 0 Å². The number of nitrogens with zero attached hydrogens (tertiary/aromatic N) is 1. The lowest BCUT2D eigenvalue weighted by atomic mass is 9.81. The van der Waals surface area contributed by atoms with Crippen LogP contribution in [0.15, 0.2) is 18.2 Å². The molecule has 0 aliphatic heterocycles. The lowest BCUT2D eigenvalue weighted by Gasteiger charge is -2.31. The maximum atomic E-state index is 10.5. The van der Waals surface area contributed by atoms with Crippen LogP contribution in [0.25, 0.3) is 0 Å². The predicted octanol–water partition coefficient (Wildman–Crippen LogP) is 3.77. The van der Waals surface area contributed by atoms with Gasteiger partial charge in [0.15, 0.2) is 0 Å². The van der Waals surface area contributed by atoms with Crippen molar-refractivity contribution in [2.45, 2.75) is 44.2 Å². The van der Waals surface area contributed by atoms with E-state index >= 15 is 0 Å². The summed E-state index contributed by atoms with van der Waals surface area (Å²) in [6.07, 6.45) is 5.31. The van der Waals surface area contributed by atoms with Crippen LogP contribution in [-0.2, 0) is 0 Å². The predicted molar refractivity (Wildman–Crippen MR) is 92.5 cm³/mol. The third-order valence-corrected chi connectivity index (χ3v) is 4.69. The molecule has 5 heteroatoms. The highest BCUT2D eigenvalue weighted by atomic mass is 35.5. The molecule has 0 unspecified atom stereocenters. The molecule has 21 heavy (non-hydrogen) atoms. The maximum Gasteiger partial charge on any atom is 0.0761 e. The van der Waals surface area contributed by atoms with Crippen molar-refractivity contribution in [3.8, 4) is 0 Å². The molecule has 1 saturated carbocycles. The quantitative estimate of drug-likeness (QED) is 0.882. The Labute approximate surface area is 138 Å². The summed E-state index contributed by atoms with van der Waals surface area (Å²) in [6.45, 7) is 0. The number of anilines is 1. The van der Waals surface area contributed by atoms with E-state index in [0.29, 0.717) is 10.9 Å². The normalized spacial score (nSPS) is 18.7. The summed E-state index contributed by atoms with van der Waals surface area (Å²) < 4.78 is 0. The van der Waals surface area contributed by atoms with Crippen LogP contribution in [-0.4, -0.2) is 25.3 Å². The number of halogens is 2. The summed E-state index contributed by atoms with van der Waals surface area (Å²) in [5.41, 5.74) is 8.13. The van der Waals surface area contributed by atoms with E-state index in [1.54, 1.807) is 0 Å².